The number of benzene rings is 4. The lowest BCUT2D eigenvalue weighted by atomic mass is 9.93. The molecule has 256 valence electrons. The van der Waals surface area contributed by atoms with Crippen molar-refractivity contribution in [1.82, 2.24) is 0 Å². The first-order chi connectivity index (χ1) is 23.4. The molecule has 0 spiro atoms. The van der Waals surface area contributed by atoms with Crippen molar-refractivity contribution in [3.63, 3.8) is 0 Å². The predicted molar refractivity (Wildman–Crippen MR) is 181 cm³/mol. The van der Waals surface area contributed by atoms with Crippen molar-refractivity contribution in [1.29, 1.82) is 0 Å². The molecule has 1 saturated heterocycles. The largest absolute Gasteiger partial charge is 0.371 e. The van der Waals surface area contributed by atoms with E-state index >= 15 is 0 Å². The summed E-state index contributed by atoms with van der Waals surface area (Å²) in [7, 11) is -2.12. The van der Waals surface area contributed by atoms with Crippen LogP contribution in [0.25, 0.3) is 0 Å². The van der Waals surface area contributed by atoms with E-state index in [4.69, 9.17) is 32.6 Å². The maximum Gasteiger partial charge on any atom is 0.264 e. The molecule has 5 rings (SSSR count). The third-order valence-corrected chi connectivity index (χ3v) is 8.59. The van der Waals surface area contributed by atoms with Gasteiger partial charge in [-0.25, -0.2) is 0 Å². The lowest BCUT2D eigenvalue weighted by Gasteiger charge is -2.47. The van der Waals surface area contributed by atoms with Gasteiger partial charge in [0, 0.05) is 13.5 Å². The molecule has 48 heavy (non-hydrogen) atoms. The Morgan fingerprint density at radius 1 is 0.604 bits per heavy atom. The maximum absolute atomic E-state index is 11.9. The van der Waals surface area contributed by atoms with Crippen LogP contribution in [0.15, 0.2) is 121 Å². The molecule has 0 unspecified atom stereocenters. The van der Waals surface area contributed by atoms with E-state index in [1.807, 2.05) is 121 Å². The fourth-order valence-electron chi connectivity index (χ4n) is 5.62. The molecule has 0 N–H and O–H groups in total. The van der Waals surface area contributed by atoms with Crippen LogP contribution in [0.5, 0.6) is 0 Å². The molecule has 6 atom stereocenters. The van der Waals surface area contributed by atoms with Gasteiger partial charge in [-0.15, -0.1) is 0 Å². The molecule has 0 amide bonds. The highest BCUT2D eigenvalue weighted by molar-refractivity contribution is 7.85. The van der Waals surface area contributed by atoms with Crippen LogP contribution in [0.2, 0.25) is 0 Å². The van der Waals surface area contributed by atoms with Gasteiger partial charge in [0.05, 0.1) is 45.4 Å². The normalized spacial score (nSPS) is 21.9. The summed E-state index contributed by atoms with van der Waals surface area (Å²) in [4.78, 5) is 0. The van der Waals surface area contributed by atoms with Crippen molar-refractivity contribution in [3.05, 3.63) is 144 Å². The van der Waals surface area contributed by atoms with E-state index in [-0.39, 0.29) is 32.8 Å². The van der Waals surface area contributed by atoms with Crippen LogP contribution in [-0.4, -0.2) is 65.2 Å². The number of hydrogen-bond donors (Lipinski definition) is 0. The summed E-state index contributed by atoms with van der Waals surface area (Å²) in [6.45, 7) is 1.01. The van der Waals surface area contributed by atoms with E-state index in [0.717, 1.165) is 28.5 Å². The van der Waals surface area contributed by atoms with Crippen molar-refractivity contribution in [2.24, 2.45) is 0 Å². The van der Waals surface area contributed by atoms with Gasteiger partial charge in [-0.1, -0.05) is 121 Å². The smallest absolute Gasteiger partial charge is 0.264 e. The first-order valence-electron chi connectivity index (χ1n) is 16.0. The highest BCUT2D eigenvalue weighted by atomic mass is 32.2. The summed E-state index contributed by atoms with van der Waals surface area (Å²) in [6, 6.07) is 39.3. The molecular formula is C38H44O9S. The Bertz CT molecular complexity index is 1570. The Labute approximate surface area is 283 Å². The van der Waals surface area contributed by atoms with Crippen molar-refractivity contribution >= 4 is 10.1 Å². The minimum absolute atomic E-state index is 0.106. The van der Waals surface area contributed by atoms with Crippen LogP contribution in [0.4, 0.5) is 0 Å². The van der Waals surface area contributed by atoms with Crippen LogP contribution in [0, 0.1) is 0 Å². The predicted octanol–water partition coefficient (Wildman–Crippen LogP) is 6.07. The van der Waals surface area contributed by atoms with E-state index in [2.05, 4.69) is 0 Å². The lowest BCUT2D eigenvalue weighted by molar-refractivity contribution is -0.332. The Morgan fingerprint density at radius 3 is 1.46 bits per heavy atom. The molecule has 10 heteroatoms. The number of hydrogen-bond acceptors (Lipinski definition) is 9. The average molecular weight is 677 g/mol. The number of rotatable bonds is 18. The van der Waals surface area contributed by atoms with Gasteiger partial charge in [0.2, 0.25) is 0 Å². The number of ether oxygens (including phenoxy) is 6. The Kier molecular flexibility index (Phi) is 13.7. The molecule has 1 fully saturated rings. The van der Waals surface area contributed by atoms with Gasteiger partial charge in [-0.2, -0.15) is 8.42 Å². The van der Waals surface area contributed by atoms with Crippen molar-refractivity contribution in [3.8, 4) is 0 Å². The van der Waals surface area contributed by atoms with Crippen LogP contribution in [0.1, 0.15) is 28.7 Å². The fraction of sp³-hybridized carbons (Fsp3) is 0.368. The monoisotopic (exact) mass is 676 g/mol. The third-order valence-electron chi connectivity index (χ3n) is 7.99. The van der Waals surface area contributed by atoms with E-state index < -0.39 is 46.9 Å². The fourth-order valence-corrected chi connectivity index (χ4v) is 6.01. The first-order valence-corrected chi connectivity index (χ1v) is 17.9. The molecule has 9 nitrogen and oxygen atoms in total. The molecule has 0 aromatic heterocycles. The molecule has 1 heterocycles. The van der Waals surface area contributed by atoms with E-state index in [0.29, 0.717) is 6.61 Å². The zero-order chi connectivity index (χ0) is 33.6. The van der Waals surface area contributed by atoms with Crippen LogP contribution in [0.3, 0.4) is 0 Å². The Balaban J connectivity index is 1.49. The van der Waals surface area contributed by atoms with Gasteiger partial charge in [0.1, 0.15) is 24.4 Å². The summed E-state index contributed by atoms with van der Waals surface area (Å²) in [6.07, 6.45) is -3.09. The highest BCUT2D eigenvalue weighted by Crippen LogP contribution is 2.34. The zero-order valence-corrected chi connectivity index (χ0v) is 28.2. The van der Waals surface area contributed by atoms with Gasteiger partial charge in [-0.05, 0) is 22.3 Å². The second kappa shape index (κ2) is 18.4. The first kappa shape index (κ1) is 35.8. The Morgan fingerprint density at radius 2 is 1.02 bits per heavy atom. The quantitative estimate of drug-likeness (QED) is 0.116. The minimum Gasteiger partial charge on any atom is -0.371 e. The molecular weight excluding hydrogens is 632 g/mol. The lowest BCUT2D eigenvalue weighted by Crippen LogP contribution is -2.63. The summed E-state index contributed by atoms with van der Waals surface area (Å²) in [5, 5.41) is 0. The average Bonchev–Trinajstić information content (AvgIpc) is 3.11. The summed E-state index contributed by atoms with van der Waals surface area (Å²) in [5.41, 5.74) is 3.89. The molecule has 1 aliphatic rings. The van der Waals surface area contributed by atoms with E-state index in [1.54, 1.807) is 7.11 Å². The molecule has 0 bridgehead atoms. The second-order valence-electron chi connectivity index (χ2n) is 11.6. The van der Waals surface area contributed by atoms with E-state index in [9.17, 15) is 8.42 Å². The van der Waals surface area contributed by atoms with Crippen molar-refractivity contribution in [2.45, 2.75) is 69.7 Å². The van der Waals surface area contributed by atoms with Gasteiger partial charge in [0.15, 0.2) is 6.29 Å². The second-order valence-corrected chi connectivity index (χ2v) is 13.3. The van der Waals surface area contributed by atoms with E-state index in [1.165, 1.54) is 0 Å². The molecule has 4 aromatic rings. The molecule has 1 aliphatic heterocycles. The standard InChI is InChI=1S/C38H44O9S/c1-41-38-37(45-28-32-21-13-6-14-22-32)36(44-27-31-19-11-5-12-20-31)35(43-26-30-17-9-4-10-18-30)34(47-38)33(23-24-46-48(2,39)40)42-25-29-15-7-3-8-16-29/h3-22,33-38H,23-28H2,1-2H3/t33-,34+,35+,36-,37+,38-/m0/s1. The molecule has 4 aromatic carbocycles. The van der Waals surface area contributed by atoms with Crippen LogP contribution >= 0.6 is 0 Å². The van der Waals surface area contributed by atoms with Crippen molar-refractivity contribution < 1.29 is 41.0 Å². The minimum atomic E-state index is -3.68. The maximum atomic E-state index is 11.9. The zero-order valence-electron chi connectivity index (χ0n) is 27.3. The van der Waals surface area contributed by atoms with Gasteiger partial charge < -0.3 is 28.4 Å². The topological polar surface area (TPSA) is 98.8 Å². The SMILES string of the molecule is CO[C@H]1O[C@H]([C@H](CCOS(C)(=O)=O)OCc2ccccc2)[C@@H](OCc2ccccc2)[C@H](OCc2ccccc2)[C@H]1OCc1ccccc1. The van der Waals surface area contributed by atoms with Crippen molar-refractivity contribution in [2.75, 3.05) is 20.0 Å². The molecule has 0 saturated carbocycles. The van der Waals surface area contributed by atoms with Crippen LogP contribution in [-0.2, 0) is 69.1 Å². The summed E-state index contributed by atoms with van der Waals surface area (Å²) >= 11 is 0. The van der Waals surface area contributed by atoms with Crippen LogP contribution < -0.4 is 0 Å². The highest BCUT2D eigenvalue weighted by Gasteiger charge is 2.51. The van der Waals surface area contributed by atoms with Gasteiger partial charge in [-0.3, -0.25) is 4.18 Å². The summed E-state index contributed by atoms with van der Waals surface area (Å²) in [5.74, 6) is 0. The molecule has 0 aliphatic carbocycles. The molecule has 0 radical (unpaired) electrons. The summed E-state index contributed by atoms with van der Waals surface area (Å²) < 4.78 is 68.1. The number of methoxy groups -OCH3 is 1. The van der Waals surface area contributed by atoms with Gasteiger partial charge in [0.25, 0.3) is 10.1 Å². The third kappa shape index (κ3) is 11.0. The van der Waals surface area contributed by atoms with Gasteiger partial charge >= 0.3 is 0 Å². The Hall–Kier alpha value is -3.45.